The van der Waals surface area contributed by atoms with Crippen molar-refractivity contribution in [2.45, 2.75) is 6.54 Å². The number of nitrogens with one attached hydrogen (secondary N) is 2. The molecule has 0 radical (unpaired) electrons. The molecule has 0 saturated heterocycles. The van der Waals surface area contributed by atoms with E-state index in [2.05, 4.69) is 15.6 Å². The van der Waals surface area contributed by atoms with Crippen LogP contribution in [0.5, 0.6) is 0 Å². The number of hydrogen-bond donors (Lipinski definition) is 2. The molecule has 1 heterocycles. The van der Waals surface area contributed by atoms with Crippen molar-refractivity contribution >= 4 is 34.1 Å². The van der Waals surface area contributed by atoms with Crippen molar-refractivity contribution in [3.63, 3.8) is 0 Å². The molecule has 0 bridgehead atoms. The van der Waals surface area contributed by atoms with Crippen molar-refractivity contribution in [3.05, 3.63) is 71.3 Å². The molecule has 2 N–H and O–H groups in total. The Morgan fingerprint density at radius 3 is 2.91 bits per heavy atom. The van der Waals surface area contributed by atoms with E-state index in [1.54, 1.807) is 18.5 Å². The monoisotopic (exact) mass is 329 g/mol. The molecule has 2 aromatic carbocycles. The number of carbonyl (C=O) groups excluding carboxylic acids is 1. The first-order valence-corrected chi connectivity index (χ1v) is 7.33. The molecule has 3 aromatic rings. The number of carbonyl (C=O) groups is 1. The average Bonchev–Trinajstić information content (AvgIpc) is 2.56. The molecule has 0 aliphatic rings. The van der Waals surface area contributed by atoms with Crippen molar-refractivity contribution < 1.29 is 9.18 Å². The van der Waals surface area contributed by atoms with Crippen LogP contribution < -0.4 is 10.6 Å². The molecule has 4 nitrogen and oxygen atoms in total. The Labute approximate surface area is 137 Å². The number of anilines is 1. The number of pyridine rings is 1. The summed E-state index contributed by atoms with van der Waals surface area (Å²) in [6.07, 6.45) is 3.41. The van der Waals surface area contributed by atoms with E-state index in [9.17, 15) is 9.18 Å². The fourth-order valence-electron chi connectivity index (χ4n) is 2.23. The molecule has 3 rings (SSSR count). The molecular weight excluding hydrogens is 317 g/mol. The minimum Gasteiger partial charge on any atom is -0.334 e. The predicted octanol–water partition coefficient (Wildman–Crippen LogP) is 4.35. The van der Waals surface area contributed by atoms with Gasteiger partial charge in [0, 0.05) is 29.7 Å². The number of nitrogens with zero attached hydrogens (tertiary/aromatic N) is 1. The number of fused-ring (bicyclic) bond motifs is 1. The van der Waals surface area contributed by atoms with Crippen LogP contribution in [0.1, 0.15) is 5.56 Å². The molecule has 0 aliphatic carbocycles. The molecule has 6 heteroatoms. The zero-order valence-electron chi connectivity index (χ0n) is 12.0. The Balaban J connectivity index is 1.68. The largest absolute Gasteiger partial charge is 0.334 e. The van der Waals surface area contributed by atoms with Crippen LogP contribution in [-0.4, -0.2) is 11.0 Å². The van der Waals surface area contributed by atoms with E-state index in [4.69, 9.17) is 11.6 Å². The van der Waals surface area contributed by atoms with Gasteiger partial charge >= 0.3 is 6.03 Å². The van der Waals surface area contributed by atoms with Gasteiger partial charge in [-0.3, -0.25) is 4.98 Å². The van der Waals surface area contributed by atoms with Gasteiger partial charge < -0.3 is 10.6 Å². The maximum atomic E-state index is 13.1. The Hall–Kier alpha value is -2.66. The number of halogens is 2. The molecule has 2 amide bonds. The Morgan fingerprint density at radius 1 is 1.22 bits per heavy atom. The van der Waals surface area contributed by atoms with Crippen LogP contribution in [0.2, 0.25) is 5.02 Å². The summed E-state index contributed by atoms with van der Waals surface area (Å²) in [4.78, 5) is 16.1. The second-order valence-corrected chi connectivity index (χ2v) is 5.37. The van der Waals surface area contributed by atoms with Gasteiger partial charge in [-0.05, 0) is 29.8 Å². The van der Waals surface area contributed by atoms with Crippen molar-refractivity contribution in [2.24, 2.45) is 0 Å². The first kappa shape index (κ1) is 15.2. The fraction of sp³-hybridized carbons (Fsp3) is 0.0588. The number of hydrogen-bond acceptors (Lipinski definition) is 2. The standard InChI is InChI=1S/C17H13ClFN3O/c18-14-8-11(4-5-15(14)19)9-21-17(23)22-16-3-1-2-12-10-20-7-6-13(12)16/h1-8,10H,9H2,(H2,21,22,23). The summed E-state index contributed by atoms with van der Waals surface area (Å²) < 4.78 is 13.1. The van der Waals surface area contributed by atoms with Crippen LogP contribution in [0.15, 0.2) is 54.9 Å². The number of amides is 2. The van der Waals surface area contributed by atoms with Crippen LogP contribution in [-0.2, 0) is 6.54 Å². The number of benzene rings is 2. The molecule has 0 aliphatic heterocycles. The van der Waals surface area contributed by atoms with Crippen LogP contribution in [0.3, 0.4) is 0 Å². The SMILES string of the molecule is O=C(NCc1ccc(F)c(Cl)c1)Nc1cccc2cnccc12. The van der Waals surface area contributed by atoms with E-state index in [1.165, 1.54) is 12.1 Å². The van der Waals surface area contributed by atoms with Gasteiger partial charge in [0.2, 0.25) is 0 Å². The van der Waals surface area contributed by atoms with E-state index in [-0.39, 0.29) is 17.6 Å². The maximum absolute atomic E-state index is 13.1. The minimum atomic E-state index is -0.482. The summed E-state index contributed by atoms with van der Waals surface area (Å²) in [6.45, 7) is 0.248. The van der Waals surface area contributed by atoms with E-state index in [1.807, 2.05) is 24.3 Å². The number of aromatic nitrogens is 1. The van der Waals surface area contributed by atoms with Gasteiger partial charge in [-0.2, -0.15) is 0 Å². The molecule has 0 fully saturated rings. The van der Waals surface area contributed by atoms with Gasteiger partial charge in [0.15, 0.2) is 0 Å². The molecule has 0 unspecified atom stereocenters. The van der Waals surface area contributed by atoms with Crippen molar-refractivity contribution in [1.82, 2.24) is 10.3 Å². The summed E-state index contributed by atoms with van der Waals surface area (Å²) in [5.74, 6) is -0.482. The van der Waals surface area contributed by atoms with Crippen LogP contribution in [0.25, 0.3) is 10.8 Å². The lowest BCUT2D eigenvalue weighted by Gasteiger charge is -2.10. The van der Waals surface area contributed by atoms with E-state index in [0.29, 0.717) is 11.3 Å². The quantitative estimate of drug-likeness (QED) is 0.750. The third kappa shape index (κ3) is 3.57. The summed E-state index contributed by atoms with van der Waals surface area (Å²) in [5.41, 5.74) is 1.41. The second-order valence-electron chi connectivity index (χ2n) is 4.96. The number of urea groups is 1. The zero-order chi connectivity index (χ0) is 16.2. The molecule has 1 aromatic heterocycles. The Morgan fingerprint density at radius 2 is 2.09 bits per heavy atom. The Bertz CT molecular complexity index is 864. The molecule has 23 heavy (non-hydrogen) atoms. The lowest BCUT2D eigenvalue weighted by atomic mass is 10.1. The van der Waals surface area contributed by atoms with E-state index in [0.717, 1.165) is 10.8 Å². The molecule has 0 spiro atoms. The van der Waals surface area contributed by atoms with Crippen molar-refractivity contribution in [1.29, 1.82) is 0 Å². The molecule has 116 valence electrons. The lowest BCUT2D eigenvalue weighted by Crippen LogP contribution is -2.28. The summed E-state index contributed by atoms with van der Waals surface area (Å²) in [6, 6.07) is 11.4. The molecule has 0 saturated carbocycles. The molecular formula is C17H13ClFN3O. The normalized spacial score (nSPS) is 10.5. The van der Waals surface area contributed by atoms with E-state index < -0.39 is 5.82 Å². The summed E-state index contributed by atoms with van der Waals surface area (Å²) in [5, 5.41) is 7.39. The van der Waals surface area contributed by atoms with Crippen LogP contribution >= 0.6 is 11.6 Å². The van der Waals surface area contributed by atoms with Gasteiger partial charge in [-0.1, -0.05) is 29.8 Å². The van der Waals surface area contributed by atoms with Crippen molar-refractivity contribution in [3.8, 4) is 0 Å². The van der Waals surface area contributed by atoms with Crippen LogP contribution in [0, 0.1) is 5.82 Å². The third-order valence-electron chi connectivity index (χ3n) is 3.37. The van der Waals surface area contributed by atoms with Gasteiger partial charge in [-0.15, -0.1) is 0 Å². The van der Waals surface area contributed by atoms with Gasteiger partial charge in [0.05, 0.1) is 10.7 Å². The van der Waals surface area contributed by atoms with E-state index >= 15 is 0 Å². The van der Waals surface area contributed by atoms with Gasteiger partial charge in [-0.25, -0.2) is 9.18 Å². The van der Waals surface area contributed by atoms with Crippen molar-refractivity contribution in [2.75, 3.05) is 5.32 Å². The van der Waals surface area contributed by atoms with Gasteiger partial charge in [0.1, 0.15) is 5.82 Å². The first-order chi connectivity index (χ1) is 11.1. The highest BCUT2D eigenvalue weighted by Crippen LogP contribution is 2.22. The highest BCUT2D eigenvalue weighted by atomic mass is 35.5. The highest BCUT2D eigenvalue weighted by Gasteiger charge is 2.06. The number of rotatable bonds is 3. The molecule has 0 atom stereocenters. The smallest absolute Gasteiger partial charge is 0.319 e. The second kappa shape index (κ2) is 6.62. The lowest BCUT2D eigenvalue weighted by molar-refractivity contribution is 0.252. The topological polar surface area (TPSA) is 54.0 Å². The highest BCUT2D eigenvalue weighted by molar-refractivity contribution is 6.30. The fourth-order valence-corrected chi connectivity index (χ4v) is 2.43. The zero-order valence-corrected chi connectivity index (χ0v) is 12.8. The maximum Gasteiger partial charge on any atom is 0.319 e. The minimum absolute atomic E-state index is 0.0336. The summed E-state index contributed by atoms with van der Waals surface area (Å²) >= 11 is 5.72. The average molecular weight is 330 g/mol. The first-order valence-electron chi connectivity index (χ1n) is 6.95. The third-order valence-corrected chi connectivity index (χ3v) is 3.66. The summed E-state index contributed by atoms with van der Waals surface area (Å²) in [7, 11) is 0. The predicted molar refractivity (Wildman–Crippen MR) is 89.0 cm³/mol. The Kier molecular flexibility index (Phi) is 4.39. The van der Waals surface area contributed by atoms with Crippen LogP contribution in [0.4, 0.5) is 14.9 Å². The van der Waals surface area contributed by atoms with Gasteiger partial charge in [0.25, 0.3) is 0 Å².